The number of rotatable bonds is 1. The molecule has 2 aliphatic rings. The highest BCUT2D eigenvalue weighted by molar-refractivity contribution is 9.10. The number of carbonyl (C=O) groups is 1. The summed E-state index contributed by atoms with van der Waals surface area (Å²) in [6.07, 6.45) is 2.73. The Labute approximate surface area is 138 Å². The third-order valence-corrected chi connectivity index (χ3v) is 4.90. The molecule has 1 saturated heterocycles. The highest BCUT2D eigenvalue weighted by Crippen LogP contribution is 2.50. The Morgan fingerprint density at radius 3 is 2.73 bits per heavy atom. The van der Waals surface area contributed by atoms with Gasteiger partial charge in [-0.1, -0.05) is 0 Å². The van der Waals surface area contributed by atoms with Gasteiger partial charge in [0.05, 0.1) is 5.69 Å². The number of ether oxygens (including phenoxy) is 1. The van der Waals surface area contributed by atoms with Crippen molar-refractivity contribution < 1.29 is 14.6 Å². The van der Waals surface area contributed by atoms with Crippen LogP contribution in [0, 0.1) is 5.92 Å². The molecule has 0 radical (unpaired) electrons. The van der Waals surface area contributed by atoms with E-state index in [0.29, 0.717) is 18.7 Å². The second-order valence-corrected chi connectivity index (χ2v) is 8.12. The van der Waals surface area contributed by atoms with Gasteiger partial charge in [-0.15, -0.1) is 0 Å². The van der Waals surface area contributed by atoms with Crippen LogP contribution in [0.1, 0.15) is 39.3 Å². The van der Waals surface area contributed by atoms with Crippen molar-refractivity contribution in [3.63, 3.8) is 0 Å². The van der Waals surface area contributed by atoms with E-state index in [1.807, 2.05) is 32.9 Å². The number of hydrogen-bond acceptors (Lipinski definition) is 4. The first-order valence-electron chi connectivity index (χ1n) is 7.53. The number of fused-ring (bicyclic) bond motifs is 2. The van der Waals surface area contributed by atoms with Gasteiger partial charge in [0.1, 0.15) is 11.2 Å². The van der Waals surface area contributed by atoms with Crippen molar-refractivity contribution in [3.8, 4) is 0 Å². The zero-order valence-corrected chi connectivity index (χ0v) is 14.6. The van der Waals surface area contributed by atoms with E-state index < -0.39 is 11.2 Å². The summed E-state index contributed by atoms with van der Waals surface area (Å²) in [4.78, 5) is 18.3. The molecule has 2 heterocycles. The van der Waals surface area contributed by atoms with E-state index in [0.717, 1.165) is 10.9 Å². The third kappa shape index (κ3) is 2.74. The Bertz CT molecular complexity index is 584. The number of pyridine rings is 1. The topological polar surface area (TPSA) is 62.7 Å². The molecule has 2 fully saturated rings. The largest absolute Gasteiger partial charge is 0.444 e. The fraction of sp³-hybridized carbons (Fsp3) is 0.625. The number of aliphatic hydroxyl groups is 1. The van der Waals surface area contributed by atoms with E-state index in [2.05, 4.69) is 20.9 Å². The molecule has 6 heteroatoms. The molecular formula is C16H21BrN2O3. The highest BCUT2D eigenvalue weighted by Gasteiger charge is 2.56. The quantitative estimate of drug-likeness (QED) is 0.827. The summed E-state index contributed by atoms with van der Waals surface area (Å²) in [5, 5.41) is 11.0. The molecule has 1 aliphatic carbocycles. The molecule has 3 atom stereocenters. The second kappa shape index (κ2) is 5.20. The molecule has 1 aliphatic heterocycles. The van der Waals surface area contributed by atoms with Crippen LogP contribution in [-0.4, -0.2) is 39.3 Å². The summed E-state index contributed by atoms with van der Waals surface area (Å²) >= 11 is 3.36. The molecular weight excluding hydrogens is 348 g/mol. The number of hydrogen-bond donors (Lipinski definition) is 1. The van der Waals surface area contributed by atoms with Crippen LogP contribution in [0.15, 0.2) is 22.8 Å². The van der Waals surface area contributed by atoms with E-state index >= 15 is 0 Å². The van der Waals surface area contributed by atoms with Crippen molar-refractivity contribution >= 4 is 22.0 Å². The molecule has 120 valence electrons. The minimum Gasteiger partial charge on any atom is -0.444 e. The molecule has 1 amide bonds. The number of piperidine rings is 1. The van der Waals surface area contributed by atoms with Gasteiger partial charge in [-0.2, -0.15) is 0 Å². The van der Waals surface area contributed by atoms with Crippen LogP contribution >= 0.6 is 15.9 Å². The van der Waals surface area contributed by atoms with Crippen molar-refractivity contribution in [1.82, 2.24) is 9.88 Å². The van der Waals surface area contributed by atoms with E-state index in [-0.39, 0.29) is 18.1 Å². The first-order valence-corrected chi connectivity index (χ1v) is 8.32. The monoisotopic (exact) mass is 368 g/mol. The molecule has 2 bridgehead atoms. The Hall–Kier alpha value is -1.14. The van der Waals surface area contributed by atoms with Gasteiger partial charge in [-0.25, -0.2) is 4.79 Å². The van der Waals surface area contributed by atoms with Crippen LogP contribution in [0.25, 0.3) is 0 Å². The van der Waals surface area contributed by atoms with E-state index in [1.54, 1.807) is 11.1 Å². The molecule has 3 unspecified atom stereocenters. The van der Waals surface area contributed by atoms with Gasteiger partial charge in [-0.3, -0.25) is 4.98 Å². The molecule has 1 aromatic rings. The van der Waals surface area contributed by atoms with Crippen LogP contribution in [0.2, 0.25) is 0 Å². The van der Waals surface area contributed by atoms with Crippen molar-refractivity contribution in [2.24, 2.45) is 5.92 Å². The number of likely N-dealkylation sites (tertiary alicyclic amines) is 1. The fourth-order valence-corrected chi connectivity index (χ4v) is 3.71. The minimum atomic E-state index is -0.941. The summed E-state index contributed by atoms with van der Waals surface area (Å²) in [6.45, 7) is 6.11. The van der Waals surface area contributed by atoms with Crippen molar-refractivity contribution in [2.75, 3.05) is 6.54 Å². The van der Waals surface area contributed by atoms with Gasteiger partial charge in [-0.05, 0) is 55.3 Å². The lowest BCUT2D eigenvalue weighted by Crippen LogP contribution is -2.48. The maximum absolute atomic E-state index is 12.2. The van der Waals surface area contributed by atoms with Crippen LogP contribution in [0.3, 0.4) is 0 Å². The van der Waals surface area contributed by atoms with Gasteiger partial charge in [0, 0.05) is 35.6 Å². The Kier molecular flexibility index (Phi) is 3.72. The summed E-state index contributed by atoms with van der Waals surface area (Å²) in [5.41, 5.74) is -0.751. The maximum Gasteiger partial charge on any atom is 0.410 e. The Morgan fingerprint density at radius 2 is 2.23 bits per heavy atom. The van der Waals surface area contributed by atoms with E-state index in [4.69, 9.17) is 4.74 Å². The number of nitrogens with zero attached hydrogens (tertiary/aromatic N) is 2. The van der Waals surface area contributed by atoms with Crippen LogP contribution in [0.5, 0.6) is 0 Å². The van der Waals surface area contributed by atoms with E-state index in [9.17, 15) is 9.90 Å². The first kappa shape index (κ1) is 15.7. The predicted molar refractivity (Wildman–Crippen MR) is 85.3 cm³/mol. The van der Waals surface area contributed by atoms with Crippen LogP contribution in [0.4, 0.5) is 4.79 Å². The Balaban J connectivity index is 1.74. The van der Waals surface area contributed by atoms with Crippen molar-refractivity contribution in [3.05, 3.63) is 28.5 Å². The Morgan fingerprint density at radius 1 is 1.50 bits per heavy atom. The van der Waals surface area contributed by atoms with Crippen LogP contribution in [-0.2, 0) is 10.3 Å². The number of halogens is 1. The van der Waals surface area contributed by atoms with Gasteiger partial charge in [0.2, 0.25) is 0 Å². The molecule has 1 N–H and O–H groups in total. The smallest absolute Gasteiger partial charge is 0.410 e. The lowest BCUT2D eigenvalue weighted by Gasteiger charge is -2.37. The van der Waals surface area contributed by atoms with Crippen molar-refractivity contribution in [1.29, 1.82) is 0 Å². The molecule has 3 rings (SSSR count). The lowest BCUT2D eigenvalue weighted by atomic mass is 9.85. The maximum atomic E-state index is 12.2. The highest BCUT2D eigenvalue weighted by atomic mass is 79.9. The van der Waals surface area contributed by atoms with E-state index in [1.165, 1.54) is 0 Å². The average molecular weight is 369 g/mol. The first-order chi connectivity index (χ1) is 10.2. The zero-order valence-electron chi connectivity index (χ0n) is 13.0. The van der Waals surface area contributed by atoms with Gasteiger partial charge in [0.15, 0.2) is 0 Å². The van der Waals surface area contributed by atoms with Gasteiger partial charge < -0.3 is 14.7 Å². The summed E-state index contributed by atoms with van der Waals surface area (Å²) in [7, 11) is 0. The van der Waals surface area contributed by atoms with Gasteiger partial charge in [0.25, 0.3) is 0 Å². The SMILES string of the molecule is CC(C)(C)OC(=O)N1CC2CC1CC2(O)c1ccc(Br)cn1. The number of aromatic nitrogens is 1. The summed E-state index contributed by atoms with van der Waals surface area (Å²) in [5.74, 6) is 0.0127. The molecule has 0 aromatic carbocycles. The molecule has 0 spiro atoms. The zero-order chi connectivity index (χ0) is 16.1. The van der Waals surface area contributed by atoms with Crippen molar-refractivity contribution in [2.45, 2.75) is 50.9 Å². The standard InChI is InChI=1S/C16H21BrN2O3/c1-15(2,3)22-14(20)19-9-10-6-12(19)7-16(10,21)13-5-4-11(17)8-18-13/h4-5,8,10,12,21H,6-7,9H2,1-3H3. The number of carbonyl (C=O) groups excluding carboxylic acids is 1. The van der Waals surface area contributed by atoms with Gasteiger partial charge >= 0.3 is 6.09 Å². The second-order valence-electron chi connectivity index (χ2n) is 7.21. The lowest BCUT2D eigenvalue weighted by molar-refractivity contribution is -0.0466. The molecule has 22 heavy (non-hydrogen) atoms. The molecule has 1 saturated carbocycles. The average Bonchev–Trinajstić information content (AvgIpc) is 2.95. The number of amides is 1. The fourth-order valence-electron chi connectivity index (χ4n) is 3.47. The third-order valence-electron chi connectivity index (χ3n) is 4.44. The summed E-state index contributed by atoms with van der Waals surface area (Å²) in [6, 6.07) is 3.76. The normalized spacial score (nSPS) is 30.7. The van der Waals surface area contributed by atoms with Crippen LogP contribution < -0.4 is 0 Å². The molecule has 1 aromatic heterocycles. The summed E-state index contributed by atoms with van der Waals surface area (Å²) < 4.78 is 6.33. The molecule has 5 nitrogen and oxygen atoms in total. The minimum absolute atomic E-state index is 0.0127. The predicted octanol–water partition coefficient (Wildman–Crippen LogP) is 3.06.